The van der Waals surface area contributed by atoms with Crippen LogP contribution in [0.5, 0.6) is 11.5 Å². The molecule has 0 fully saturated rings. The number of phenols is 1. The molecule has 14 heavy (non-hydrogen) atoms. The van der Waals surface area contributed by atoms with E-state index in [2.05, 4.69) is 0 Å². The number of aromatic hydroxyl groups is 1. The van der Waals surface area contributed by atoms with Crippen LogP contribution in [0.2, 0.25) is 0 Å². The molecule has 0 saturated carbocycles. The summed E-state index contributed by atoms with van der Waals surface area (Å²) in [6.07, 6.45) is 4.80. The third-order valence-corrected chi connectivity index (χ3v) is 1.85. The Balaban J connectivity index is 2.79. The first-order valence-corrected chi connectivity index (χ1v) is 4.51. The van der Waals surface area contributed by atoms with E-state index >= 15 is 0 Å². The van der Waals surface area contributed by atoms with Crippen LogP contribution in [0.4, 0.5) is 0 Å². The summed E-state index contributed by atoms with van der Waals surface area (Å²) in [4.78, 5) is 0. The van der Waals surface area contributed by atoms with Crippen LogP contribution in [-0.4, -0.2) is 18.8 Å². The zero-order valence-electron chi connectivity index (χ0n) is 8.23. The quantitative estimate of drug-likeness (QED) is 0.766. The third-order valence-electron chi connectivity index (χ3n) is 1.85. The highest BCUT2D eigenvalue weighted by Gasteiger charge is 1.99. The van der Waals surface area contributed by atoms with Crippen molar-refractivity contribution in [3.63, 3.8) is 0 Å². The van der Waals surface area contributed by atoms with Gasteiger partial charge in [0.05, 0.1) is 7.11 Å². The molecule has 1 aromatic carbocycles. The lowest BCUT2D eigenvalue weighted by Gasteiger charge is -2.03. The smallest absolute Gasteiger partial charge is 0.161 e. The number of rotatable bonds is 4. The van der Waals surface area contributed by atoms with Crippen molar-refractivity contribution in [2.75, 3.05) is 13.7 Å². The summed E-state index contributed by atoms with van der Waals surface area (Å²) in [5, 5.41) is 9.34. The molecule has 0 bridgehead atoms. The average molecular weight is 193 g/mol. The van der Waals surface area contributed by atoms with Gasteiger partial charge >= 0.3 is 0 Å². The summed E-state index contributed by atoms with van der Waals surface area (Å²) in [7, 11) is 1.53. The predicted octanol–water partition coefficient (Wildman–Crippen LogP) is 1.76. The second-order valence-corrected chi connectivity index (χ2v) is 2.91. The minimum atomic E-state index is 0.156. The van der Waals surface area contributed by atoms with Gasteiger partial charge in [-0.15, -0.1) is 0 Å². The minimum Gasteiger partial charge on any atom is -0.504 e. The van der Waals surface area contributed by atoms with Crippen LogP contribution >= 0.6 is 0 Å². The SMILES string of the molecule is COc1cc(C=CCCN)ccc1O. The highest BCUT2D eigenvalue weighted by Crippen LogP contribution is 2.26. The van der Waals surface area contributed by atoms with Gasteiger partial charge in [0.1, 0.15) is 0 Å². The van der Waals surface area contributed by atoms with Gasteiger partial charge in [0.15, 0.2) is 11.5 Å². The molecule has 3 nitrogen and oxygen atoms in total. The van der Waals surface area contributed by atoms with Gasteiger partial charge in [-0.1, -0.05) is 18.2 Å². The lowest BCUT2D eigenvalue weighted by Crippen LogP contribution is -1.94. The Morgan fingerprint density at radius 1 is 1.50 bits per heavy atom. The van der Waals surface area contributed by atoms with Crippen LogP contribution in [0, 0.1) is 0 Å². The summed E-state index contributed by atoms with van der Waals surface area (Å²) in [5.41, 5.74) is 6.35. The van der Waals surface area contributed by atoms with Crippen LogP contribution in [0.25, 0.3) is 6.08 Å². The third kappa shape index (κ3) is 2.78. The number of hydrogen-bond acceptors (Lipinski definition) is 3. The van der Waals surface area contributed by atoms with E-state index in [0.717, 1.165) is 12.0 Å². The first-order chi connectivity index (χ1) is 6.77. The van der Waals surface area contributed by atoms with Gasteiger partial charge in [-0.05, 0) is 30.7 Å². The first-order valence-electron chi connectivity index (χ1n) is 4.51. The maximum absolute atomic E-state index is 9.34. The fourth-order valence-corrected chi connectivity index (χ4v) is 1.11. The monoisotopic (exact) mass is 193 g/mol. The lowest BCUT2D eigenvalue weighted by molar-refractivity contribution is 0.373. The molecule has 0 atom stereocenters. The summed E-state index contributed by atoms with van der Waals surface area (Å²) >= 11 is 0. The molecule has 0 radical (unpaired) electrons. The Morgan fingerprint density at radius 2 is 2.29 bits per heavy atom. The van der Waals surface area contributed by atoms with E-state index in [-0.39, 0.29) is 5.75 Å². The Kier molecular flexibility index (Phi) is 4.01. The van der Waals surface area contributed by atoms with E-state index in [0.29, 0.717) is 12.3 Å². The molecular weight excluding hydrogens is 178 g/mol. The van der Waals surface area contributed by atoms with Gasteiger partial charge in [0.2, 0.25) is 0 Å². The number of hydrogen-bond donors (Lipinski definition) is 2. The Hall–Kier alpha value is -1.48. The van der Waals surface area contributed by atoms with Crippen LogP contribution in [0.3, 0.4) is 0 Å². The van der Waals surface area contributed by atoms with Gasteiger partial charge < -0.3 is 15.6 Å². The second-order valence-electron chi connectivity index (χ2n) is 2.91. The molecule has 0 heterocycles. The van der Waals surface area contributed by atoms with Crippen molar-refractivity contribution in [2.24, 2.45) is 5.73 Å². The fraction of sp³-hybridized carbons (Fsp3) is 0.273. The standard InChI is InChI=1S/C11H15NO2/c1-14-11-8-9(4-2-3-7-12)5-6-10(11)13/h2,4-6,8,13H,3,7,12H2,1H3. The Bertz CT molecular complexity index is 321. The molecule has 0 aromatic heterocycles. The zero-order valence-corrected chi connectivity index (χ0v) is 8.23. The number of nitrogens with two attached hydrogens (primary N) is 1. The van der Waals surface area contributed by atoms with Crippen LogP contribution in [-0.2, 0) is 0 Å². The highest BCUT2D eigenvalue weighted by molar-refractivity contribution is 5.55. The molecular formula is C11H15NO2. The van der Waals surface area contributed by atoms with E-state index in [1.165, 1.54) is 7.11 Å². The molecule has 0 spiro atoms. The van der Waals surface area contributed by atoms with E-state index in [1.54, 1.807) is 12.1 Å². The lowest BCUT2D eigenvalue weighted by atomic mass is 10.2. The molecule has 0 aliphatic rings. The molecule has 0 saturated heterocycles. The maximum atomic E-state index is 9.34. The molecule has 0 aliphatic heterocycles. The molecule has 0 amide bonds. The van der Waals surface area contributed by atoms with Crippen molar-refractivity contribution < 1.29 is 9.84 Å². The van der Waals surface area contributed by atoms with Crippen LogP contribution in [0.1, 0.15) is 12.0 Å². The Morgan fingerprint density at radius 3 is 2.93 bits per heavy atom. The molecule has 0 unspecified atom stereocenters. The topological polar surface area (TPSA) is 55.5 Å². The summed E-state index contributed by atoms with van der Waals surface area (Å²) in [6, 6.07) is 5.22. The van der Waals surface area contributed by atoms with Crippen molar-refractivity contribution >= 4 is 6.08 Å². The van der Waals surface area contributed by atoms with Gasteiger partial charge in [0.25, 0.3) is 0 Å². The van der Waals surface area contributed by atoms with E-state index in [9.17, 15) is 5.11 Å². The number of phenolic OH excluding ortho intramolecular Hbond substituents is 1. The number of methoxy groups -OCH3 is 1. The average Bonchev–Trinajstić information content (AvgIpc) is 2.21. The van der Waals surface area contributed by atoms with Gasteiger partial charge in [0, 0.05) is 0 Å². The van der Waals surface area contributed by atoms with Crippen molar-refractivity contribution in [1.29, 1.82) is 0 Å². The maximum Gasteiger partial charge on any atom is 0.161 e. The highest BCUT2D eigenvalue weighted by atomic mass is 16.5. The van der Waals surface area contributed by atoms with Crippen molar-refractivity contribution in [3.8, 4) is 11.5 Å². The van der Waals surface area contributed by atoms with Crippen LogP contribution in [0.15, 0.2) is 24.3 Å². The van der Waals surface area contributed by atoms with Gasteiger partial charge in [-0.3, -0.25) is 0 Å². The van der Waals surface area contributed by atoms with E-state index in [4.69, 9.17) is 10.5 Å². The fourth-order valence-electron chi connectivity index (χ4n) is 1.11. The van der Waals surface area contributed by atoms with E-state index < -0.39 is 0 Å². The summed E-state index contributed by atoms with van der Waals surface area (Å²) in [5.74, 6) is 0.642. The second kappa shape index (κ2) is 5.29. The normalized spacial score (nSPS) is 10.7. The largest absolute Gasteiger partial charge is 0.504 e. The van der Waals surface area contributed by atoms with Gasteiger partial charge in [-0.2, -0.15) is 0 Å². The molecule has 1 aromatic rings. The first kappa shape index (κ1) is 10.6. The number of ether oxygens (including phenoxy) is 1. The van der Waals surface area contributed by atoms with Crippen molar-refractivity contribution in [3.05, 3.63) is 29.8 Å². The molecule has 0 aliphatic carbocycles. The van der Waals surface area contributed by atoms with Gasteiger partial charge in [-0.25, -0.2) is 0 Å². The molecule has 76 valence electrons. The molecule has 3 heteroatoms. The summed E-state index contributed by atoms with van der Waals surface area (Å²) in [6.45, 7) is 0.645. The number of benzene rings is 1. The van der Waals surface area contributed by atoms with Crippen molar-refractivity contribution in [1.82, 2.24) is 0 Å². The minimum absolute atomic E-state index is 0.156. The predicted molar refractivity (Wildman–Crippen MR) is 57.4 cm³/mol. The van der Waals surface area contributed by atoms with E-state index in [1.807, 2.05) is 18.2 Å². The van der Waals surface area contributed by atoms with Crippen molar-refractivity contribution in [2.45, 2.75) is 6.42 Å². The summed E-state index contributed by atoms with van der Waals surface area (Å²) < 4.78 is 4.98. The molecule has 3 N–H and O–H groups in total. The van der Waals surface area contributed by atoms with Crippen LogP contribution < -0.4 is 10.5 Å². The molecule has 1 rings (SSSR count). The zero-order chi connectivity index (χ0) is 10.4. The Labute approximate surface area is 83.8 Å².